The molecule has 1 aromatic heterocycles. The summed E-state index contributed by atoms with van der Waals surface area (Å²) in [5.41, 5.74) is 0.0809. The molecule has 5 heteroatoms. The average molecular weight is 340 g/mol. The van der Waals surface area contributed by atoms with Gasteiger partial charge in [0, 0.05) is 12.1 Å². The van der Waals surface area contributed by atoms with Gasteiger partial charge < -0.3 is 4.42 Å². The first-order valence-electron chi connectivity index (χ1n) is 8.05. The third-order valence-corrected chi connectivity index (χ3v) is 8.18. The molecule has 0 spiro atoms. The Labute approximate surface area is 140 Å². The maximum atomic E-state index is 12.5. The number of hydrogen-bond acceptors (Lipinski definition) is 4. The standard InChI is InChI=1S/C18H29NO3S/c1-14(23(20,21)15-9-8-12-22-15)13-19-11-10-16(2,3)17(4,5)18(19,6)7/h8-9,12H,1,10-11,13H2,2-7H3. The van der Waals surface area contributed by atoms with Crippen molar-refractivity contribution in [3.8, 4) is 0 Å². The van der Waals surface area contributed by atoms with E-state index in [1.54, 1.807) is 6.07 Å². The molecule has 0 aliphatic carbocycles. The van der Waals surface area contributed by atoms with Crippen LogP contribution < -0.4 is 0 Å². The van der Waals surface area contributed by atoms with Crippen molar-refractivity contribution in [2.45, 2.75) is 58.6 Å². The first kappa shape index (κ1) is 18.3. The summed E-state index contributed by atoms with van der Waals surface area (Å²) in [5, 5.41) is -0.0306. The first-order valence-corrected chi connectivity index (χ1v) is 9.54. The van der Waals surface area contributed by atoms with Crippen molar-refractivity contribution < 1.29 is 12.8 Å². The summed E-state index contributed by atoms with van der Waals surface area (Å²) in [7, 11) is -3.61. The van der Waals surface area contributed by atoms with Gasteiger partial charge in [-0.05, 0) is 49.8 Å². The Morgan fingerprint density at radius 3 is 2.39 bits per heavy atom. The van der Waals surface area contributed by atoms with Gasteiger partial charge in [-0.2, -0.15) is 0 Å². The predicted molar refractivity (Wildman–Crippen MR) is 92.9 cm³/mol. The lowest BCUT2D eigenvalue weighted by molar-refractivity contribution is -0.108. The van der Waals surface area contributed by atoms with Gasteiger partial charge in [-0.3, -0.25) is 4.90 Å². The third-order valence-electron chi connectivity index (χ3n) is 6.53. The second-order valence-corrected chi connectivity index (χ2v) is 10.2. The van der Waals surface area contributed by atoms with Crippen LogP contribution in [0, 0.1) is 10.8 Å². The Balaban J connectivity index is 2.26. The molecule has 0 amide bonds. The molecular weight excluding hydrogens is 310 g/mol. The van der Waals surface area contributed by atoms with Crippen LogP contribution >= 0.6 is 0 Å². The van der Waals surface area contributed by atoms with Crippen LogP contribution in [0.2, 0.25) is 0 Å². The number of nitrogens with zero attached hydrogens (tertiary/aromatic N) is 1. The summed E-state index contributed by atoms with van der Waals surface area (Å²) in [6.45, 7) is 18.5. The topological polar surface area (TPSA) is 50.5 Å². The van der Waals surface area contributed by atoms with Gasteiger partial charge >= 0.3 is 0 Å². The maximum absolute atomic E-state index is 12.5. The fourth-order valence-electron chi connectivity index (χ4n) is 3.36. The molecule has 0 N–H and O–H groups in total. The van der Waals surface area contributed by atoms with E-state index in [0.29, 0.717) is 6.54 Å². The summed E-state index contributed by atoms with van der Waals surface area (Å²) in [6, 6.07) is 3.05. The molecule has 1 fully saturated rings. The molecule has 2 heterocycles. The van der Waals surface area contributed by atoms with E-state index in [2.05, 4.69) is 53.0 Å². The Morgan fingerprint density at radius 1 is 1.26 bits per heavy atom. The normalized spacial score (nSPS) is 23.6. The van der Waals surface area contributed by atoms with Crippen molar-refractivity contribution in [3.05, 3.63) is 29.9 Å². The van der Waals surface area contributed by atoms with Crippen LogP contribution in [0.3, 0.4) is 0 Å². The van der Waals surface area contributed by atoms with Gasteiger partial charge in [0.15, 0.2) is 0 Å². The molecular formula is C18H29NO3S. The first-order chi connectivity index (χ1) is 10.3. The minimum Gasteiger partial charge on any atom is -0.453 e. The molecule has 4 nitrogen and oxygen atoms in total. The molecule has 0 bridgehead atoms. The Morgan fingerprint density at radius 2 is 1.87 bits per heavy atom. The quantitative estimate of drug-likeness (QED) is 0.828. The van der Waals surface area contributed by atoms with E-state index in [9.17, 15) is 8.42 Å². The van der Waals surface area contributed by atoms with Gasteiger partial charge in [0.05, 0.1) is 11.2 Å². The lowest BCUT2D eigenvalue weighted by atomic mass is 9.54. The zero-order valence-corrected chi connectivity index (χ0v) is 16.0. The van der Waals surface area contributed by atoms with Crippen molar-refractivity contribution in [2.24, 2.45) is 10.8 Å². The van der Waals surface area contributed by atoms with Gasteiger partial charge in [-0.25, -0.2) is 8.42 Å². The molecule has 0 atom stereocenters. The largest absolute Gasteiger partial charge is 0.453 e. The number of furan rings is 1. The second-order valence-electron chi connectivity index (χ2n) is 8.21. The van der Waals surface area contributed by atoms with E-state index >= 15 is 0 Å². The minimum absolute atomic E-state index is 0.0306. The smallest absolute Gasteiger partial charge is 0.236 e. The molecule has 1 aliphatic heterocycles. The zero-order chi connectivity index (χ0) is 17.7. The third kappa shape index (κ3) is 2.78. The van der Waals surface area contributed by atoms with E-state index in [0.717, 1.165) is 13.0 Å². The molecule has 0 radical (unpaired) electrons. The van der Waals surface area contributed by atoms with Crippen LogP contribution in [-0.2, 0) is 9.84 Å². The van der Waals surface area contributed by atoms with Crippen LogP contribution in [0.15, 0.2) is 39.4 Å². The summed E-state index contributed by atoms with van der Waals surface area (Å²) in [4.78, 5) is 2.43. The van der Waals surface area contributed by atoms with Gasteiger partial charge in [0.2, 0.25) is 14.9 Å². The summed E-state index contributed by atoms with van der Waals surface area (Å²) in [6.07, 6.45) is 2.40. The van der Waals surface area contributed by atoms with Crippen LogP contribution in [0.5, 0.6) is 0 Å². The van der Waals surface area contributed by atoms with Crippen molar-refractivity contribution in [2.75, 3.05) is 13.1 Å². The molecule has 0 saturated carbocycles. The van der Waals surface area contributed by atoms with Crippen LogP contribution in [0.25, 0.3) is 0 Å². The maximum Gasteiger partial charge on any atom is 0.236 e. The molecule has 23 heavy (non-hydrogen) atoms. The lowest BCUT2D eigenvalue weighted by Crippen LogP contribution is -2.64. The predicted octanol–water partition coefficient (Wildman–Crippen LogP) is 4.10. The van der Waals surface area contributed by atoms with E-state index in [1.165, 1.54) is 12.3 Å². The molecule has 2 rings (SSSR count). The molecule has 130 valence electrons. The van der Waals surface area contributed by atoms with Gasteiger partial charge in [0.25, 0.3) is 0 Å². The number of sulfone groups is 1. The van der Waals surface area contributed by atoms with E-state index in [1.807, 2.05) is 0 Å². The van der Waals surface area contributed by atoms with Crippen LogP contribution in [0.1, 0.15) is 48.0 Å². The highest BCUT2D eigenvalue weighted by Crippen LogP contribution is 2.54. The fourth-order valence-corrected chi connectivity index (χ4v) is 4.41. The highest BCUT2D eigenvalue weighted by atomic mass is 32.2. The van der Waals surface area contributed by atoms with Crippen molar-refractivity contribution in [1.29, 1.82) is 0 Å². The van der Waals surface area contributed by atoms with E-state index in [4.69, 9.17) is 4.42 Å². The Kier molecular flexibility index (Phi) is 4.36. The molecule has 0 unspecified atom stereocenters. The van der Waals surface area contributed by atoms with E-state index in [-0.39, 0.29) is 26.4 Å². The number of piperidine rings is 1. The highest BCUT2D eigenvalue weighted by molar-refractivity contribution is 7.95. The summed E-state index contributed by atoms with van der Waals surface area (Å²) >= 11 is 0. The van der Waals surface area contributed by atoms with Gasteiger partial charge in [-0.1, -0.05) is 34.3 Å². The SMILES string of the molecule is C=C(CN1CCC(C)(C)C(C)(C)C1(C)C)S(=O)(=O)c1ccco1. The van der Waals surface area contributed by atoms with Crippen LogP contribution in [-0.4, -0.2) is 31.9 Å². The monoisotopic (exact) mass is 339 g/mol. The van der Waals surface area contributed by atoms with Crippen LogP contribution in [0.4, 0.5) is 0 Å². The number of rotatable bonds is 4. The minimum atomic E-state index is -3.61. The Hall–Kier alpha value is -1.07. The van der Waals surface area contributed by atoms with Crippen molar-refractivity contribution in [1.82, 2.24) is 4.90 Å². The average Bonchev–Trinajstić information content (AvgIpc) is 2.95. The van der Waals surface area contributed by atoms with Gasteiger partial charge in [-0.15, -0.1) is 0 Å². The summed E-state index contributed by atoms with van der Waals surface area (Å²) < 4.78 is 30.2. The lowest BCUT2D eigenvalue weighted by Gasteiger charge is -2.61. The fraction of sp³-hybridized carbons (Fsp3) is 0.667. The molecule has 0 aromatic carbocycles. The molecule has 1 aliphatic rings. The van der Waals surface area contributed by atoms with E-state index < -0.39 is 9.84 Å². The highest BCUT2D eigenvalue weighted by Gasteiger charge is 2.54. The number of likely N-dealkylation sites (tertiary alicyclic amines) is 1. The molecule has 1 aromatic rings. The number of hydrogen-bond donors (Lipinski definition) is 0. The van der Waals surface area contributed by atoms with Gasteiger partial charge in [0.1, 0.15) is 0 Å². The second kappa shape index (κ2) is 5.49. The molecule has 1 saturated heterocycles. The Bertz CT molecular complexity index is 682. The summed E-state index contributed by atoms with van der Waals surface area (Å²) in [5.74, 6) is 0. The van der Waals surface area contributed by atoms with Crippen molar-refractivity contribution in [3.63, 3.8) is 0 Å². The zero-order valence-electron chi connectivity index (χ0n) is 15.1. The van der Waals surface area contributed by atoms with Crippen molar-refractivity contribution >= 4 is 9.84 Å².